The van der Waals surface area contributed by atoms with Gasteiger partial charge in [0.15, 0.2) is 5.78 Å². The van der Waals surface area contributed by atoms with Crippen molar-refractivity contribution in [2.45, 2.75) is 25.1 Å². The lowest BCUT2D eigenvalue weighted by molar-refractivity contribution is -0.137. The quantitative estimate of drug-likeness (QED) is 0.530. The van der Waals surface area contributed by atoms with Crippen LogP contribution in [0, 0.1) is 11.7 Å². The molecule has 1 saturated heterocycles. The lowest BCUT2D eigenvalue weighted by Gasteiger charge is -2.33. The third-order valence-corrected chi connectivity index (χ3v) is 5.38. The van der Waals surface area contributed by atoms with Crippen LogP contribution in [0.5, 0.6) is 0 Å². The number of ketones is 1. The highest BCUT2D eigenvalue weighted by Gasteiger charge is 2.31. The van der Waals surface area contributed by atoms with Crippen molar-refractivity contribution in [2.75, 3.05) is 19.6 Å². The second-order valence-electron chi connectivity index (χ2n) is 7.49. The predicted octanol–water partition coefficient (Wildman–Crippen LogP) is 4.58. The molecule has 0 spiro atoms. The summed E-state index contributed by atoms with van der Waals surface area (Å²) in [6.45, 7) is 1.32. The summed E-state index contributed by atoms with van der Waals surface area (Å²) in [5.74, 6) is -0.661. The Hall–Kier alpha value is -2.94. The van der Waals surface area contributed by atoms with Gasteiger partial charge >= 0.3 is 12.3 Å². The van der Waals surface area contributed by atoms with E-state index in [9.17, 15) is 27.2 Å². The Morgan fingerprint density at radius 1 is 1.03 bits per heavy atom. The van der Waals surface area contributed by atoms with E-state index in [1.807, 2.05) is 4.90 Å². The smallest absolute Gasteiger partial charge is 0.416 e. The monoisotopic (exact) mass is 438 g/mol. The van der Waals surface area contributed by atoms with E-state index in [-0.39, 0.29) is 18.2 Å². The number of ether oxygens (including phenoxy) is 1. The van der Waals surface area contributed by atoms with Crippen molar-refractivity contribution in [1.82, 2.24) is 4.90 Å². The molecule has 0 saturated carbocycles. The van der Waals surface area contributed by atoms with Crippen LogP contribution >= 0.6 is 0 Å². The van der Waals surface area contributed by atoms with Crippen molar-refractivity contribution >= 4 is 11.9 Å². The van der Waals surface area contributed by atoms with Crippen molar-refractivity contribution in [3.63, 3.8) is 0 Å². The fourth-order valence-electron chi connectivity index (χ4n) is 3.70. The number of Topliss-reactive ketones (excluding diaryl/α,β-unsaturated/α-hetero) is 1. The van der Waals surface area contributed by atoms with Gasteiger partial charge in [0.05, 0.1) is 5.56 Å². The van der Waals surface area contributed by atoms with Crippen LogP contribution in [0.15, 0.2) is 48.5 Å². The molecule has 1 aliphatic rings. The Kier molecular flexibility index (Phi) is 6.94. The zero-order valence-corrected chi connectivity index (χ0v) is 16.6. The molecule has 5 nitrogen and oxygen atoms in total. The van der Waals surface area contributed by atoms with E-state index < -0.39 is 29.8 Å². The molecule has 1 unspecified atom stereocenters. The number of nitrogens with two attached hydrogens (primary N) is 1. The summed E-state index contributed by atoms with van der Waals surface area (Å²) in [5.41, 5.74) is 5.20. The molecule has 1 fully saturated rings. The third-order valence-electron chi connectivity index (χ3n) is 5.38. The molecule has 2 aromatic rings. The summed E-state index contributed by atoms with van der Waals surface area (Å²) >= 11 is 0. The number of nitrogens with zero attached hydrogens (tertiary/aromatic N) is 1. The van der Waals surface area contributed by atoms with Gasteiger partial charge in [-0.15, -0.1) is 0 Å². The molecule has 1 aliphatic heterocycles. The number of alkyl halides is 3. The van der Waals surface area contributed by atoms with Crippen LogP contribution in [0.3, 0.4) is 0 Å². The molecule has 31 heavy (non-hydrogen) atoms. The Bertz CT molecular complexity index is 906. The lowest BCUT2D eigenvalue weighted by Crippen LogP contribution is -2.39. The van der Waals surface area contributed by atoms with Crippen LogP contribution in [-0.2, 0) is 10.9 Å². The number of hydrogen-bond acceptors (Lipinski definition) is 4. The molecule has 2 aromatic carbocycles. The minimum Gasteiger partial charge on any atom is -0.440 e. The van der Waals surface area contributed by atoms with Gasteiger partial charge in [0.1, 0.15) is 11.9 Å². The first-order valence-corrected chi connectivity index (χ1v) is 9.79. The van der Waals surface area contributed by atoms with Crippen molar-refractivity contribution in [3.8, 4) is 0 Å². The molecule has 166 valence electrons. The van der Waals surface area contributed by atoms with Gasteiger partial charge in [0.25, 0.3) is 0 Å². The molecule has 0 radical (unpaired) electrons. The largest absolute Gasteiger partial charge is 0.440 e. The summed E-state index contributed by atoms with van der Waals surface area (Å²) in [4.78, 5) is 25.9. The number of carbonyl (C=O) groups is 2. The van der Waals surface area contributed by atoms with Gasteiger partial charge in [-0.1, -0.05) is 12.1 Å². The molecule has 1 atom stereocenters. The Morgan fingerprint density at radius 3 is 2.13 bits per heavy atom. The van der Waals surface area contributed by atoms with Crippen molar-refractivity contribution < 1.29 is 31.9 Å². The molecule has 0 aromatic heterocycles. The second kappa shape index (κ2) is 9.47. The van der Waals surface area contributed by atoms with E-state index >= 15 is 0 Å². The summed E-state index contributed by atoms with van der Waals surface area (Å²) in [6, 6.07) is 9.82. The molecule has 9 heteroatoms. The minimum atomic E-state index is -4.46. The highest BCUT2D eigenvalue weighted by Crippen LogP contribution is 2.31. The fraction of sp³-hybridized carbons (Fsp3) is 0.364. The van der Waals surface area contributed by atoms with E-state index in [1.165, 1.54) is 36.4 Å². The summed E-state index contributed by atoms with van der Waals surface area (Å²) < 4.78 is 56.6. The maximum atomic E-state index is 13.1. The van der Waals surface area contributed by atoms with Gasteiger partial charge in [0.2, 0.25) is 0 Å². The molecular weight excluding hydrogens is 416 g/mol. The third kappa shape index (κ3) is 6.04. The average Bonchev–Trinajstić information content (AvgIpc) is 2.73. The maximum absolute atomic E-state index is 13.1. The summed E-state index contributed by atoms with van der Waals surface area (Å²) in [6.07, 6.45) is -5.19. The first-order chi connectivity index (χ1) is 14.6. The average molecular weight is 438 g/mol. The van der Waals surface area contributed by atoms with Gasteiger partial charge < -0.3 is 10.5 Å². The normalized spacial score (nSPS) is 16.6. The number of piperidine rings is 1. The molecule has 3 rings (SSSR count). The first-order valence-electron chi connectivity index (χ1n) is 9.79. The van der Waals surface area contributed by atoms with E-state index in [0.29, 0.717) is 37.1 Å². The standard InChI is InChI=1S/C22H22F4N2O3/c23-18-7-3-15(4-8-18)20(29)16-9-11-28(12-10-16)13-19(31-21(27)30)14-1-5-17(6-2-14)22(24,25)26/h1-8,16,19H,9-13H2,(H2,27,30). The molecule has 2 N–H and O–H groups in total. The number of amides is 1. The maximum Gasteiger partial charge on any atom is 0.416 e. The van der Waals surface area contributed by atoms with E-state index in [2.05, 4.69) is 0 Å². The van der Waals surface area contributed by atoms with Crippen LogP contribution in [-0.4, -0.2) is 36.4 Å². The number of likely N-dealkylation sites (tertiary alicyclic amines) is 1. The van der Waals surface area contributed by atoms with Gasteiger partial charge in [0, 0.05) is 18.0 Å². The highest BCUT2D eigenvalue weighted by atomic mass is 19.4. The van der Waals surface area contributed by atoms with Gasteiger partial charge in [-0.3, -0.25) is 9.69 Å². The SMILES string of the molecule is NC(=O)OC(CN1CCC(C(=O)c2ccc(F)cc2)CC1)c1ccc(C(F)(F)F)cc1. The van der Waals surface area contributed by atoms with E-state index in [1.54, 1.807) is 0 Å². The first kappa shape index (κ1) is 22.7. The minimum absolute atomic E-state index is 0.0488. The van der Waals surface area contributed by atoms with Crippen LogP contribution in [0.1, 0.15) is 40.4 Å². The molecule has 0 aliphatic carbocycles. The van der Waals surface area contributed by atoms with E-state index in [4.69, 9.17) is 10.5 Å². The summed E-state index contributed by atoms with van der Waals surface area (Å²) in [7, 11) is 0. The topological polar surface area (TPSA) is 72.6 Å². The van der Waals surface area contributed by atoms with Crippen LogP contribution in [0.4, 0.5) is 22.4 Å². The van der Waals surface area contributed by atoms with E-state index in [0.717, 1.165) is 12.1 Å². The fourth-order valence-corrected chi connectivity index (χ4v) is 3.70. The van der Waals surface area contributed by atoms with Crippen LogP contribution < -0.4 is 5.73 Å². The lowest BCUT2D eigenvalue weighted by atomic mass is 9.88. The summed E-state index contributed by atoms with van der Waals surface area (Å²) in [5, 5.41) is 0. The Labute approximate surface area is 176 Å². The van der Waals surface area contributed by atoms with Gasteiger partial charge in [-0.25, -0.2) is 9.18 Å². The molecule has 1 amide bonds. The Morgan fingerprint density at radius 2 is 1.61 bits per heavy atom. The predicted molar refractivity (Wildman–Crippen MR) is 105 cm³/mol. The van der Waals surface area contributed by atoms with Crippen LogP contribution in [0.25, 0.3) is 0 Å². The number of hydrogen-bond donors (Lipinski definition) is 1. The number of rotatable bonds is 6. The van der Waals surface area contributed by atoms with Crippen molar-refractivity contribution in [3.05, 3.63) is 71.0 Å². The number of benzene rings is 2. The number of carbonyl (C=O) groups excluding carboxylic acids is 2. The zero-order chi connectivity index (χ0) is 22.6. The van der Waals surface area contributed by atoms with Gasteiger partial charge in [-0.05, 0) is 67.9 Å². The number of halogens is 4. The highest BCUT2D eigenvalue weighted by molar-refractivity contribution is 5.97. The van der Waals surface area contributed by atoms with Crippen LogP contribution in [0.2, 0.25) is 0 Å². The molecule has 1 heterocycles. The Balaban J connectivity index is 1.62. The molecule has 0 bridgehead atoms. The second-order valence-corrected chi connectivity index (χ2v) is 7.49. The van der Waals surface area contributed by atoms with Gasteiger partial charge in [-0.2, -0.15) is 13.2 Å². The van der Waals surface area contributed by atoms with Crippen molar-refractivity contribution in [2.24, 2.45) is 11.7 Å². The van der Waals surface area contributed by atoms with Crippen molar-refractivity contribution in [1.29, 1.82) is 0 Å². The molecular formula is C22H22F4N2O3. The zero-order valence-electron chi connectivity index (χ0n) is 16.6. The number of primary amides is 1.